The summed E-state index contributed by atoms with van der Waals surface area (Å²) in [5, 5.41) is 7.36. The number of nitrogens with zero attached hydrogens (tertiary/aromatic N) is 2. The van der Waals surface area contributed by atoms with Crippen molar-refractivity contribution in [2.45, 2.75) is 39.7 Å². The molecule has 0 atom stereocenters. The van der Waals surface area contributed by atoms with Crippen LogP contribution in [0.2, 0.25) is 5.02 Å². The minimum Gasteiger partial charge on any atom is -0.495 e. The van der Waals surface area contributed by atoms with E-state index in [9.17, 15) is 4.79 Å². The molecule has 5 nitrogen and oxygen atoms in total. The third-order valence-corrected chi connectivity index (χ3v) is 3.85. The Labute approximate surface area is 141 Å². The number of hydrogen-bond acceptors (Lipinski definition) is 3. The van der Waals surface area contributed by atoms with Crippen LogP contribution >= 0.6 is 11.6 Å². The maximum atomic E-state index is 12.5. The molecule has 0 aliphatic rings. The highest BCUT2D eigenvalue weighted by Gasteiger charge is 2.20. The number of methoxy groups -OCH3 is 1. The van der Waals surface area contributed by atoms with Crippen molar-refractivity contribution >= 4 is 23.2 Å². The number of carbonyl (C=O) groups excluding carboxylic acids is 1. The van der Waals surface area contributed by atoms with E-state index in [4.69, 9.17) is 16.3 Å². The van der Waals surface area contributed by atoms with Crippen LogP contribution in [0.3, 0.4) is 0 Å². The highest BCUT2D eigenvalue weighted by molar-refractivity contribution is 6.34. The number of ether oxygens (including phenoxy) is 1. The molecule has 1 aromatic heterocycles. The van der Waals surface area contributed by atoms with Crippen LogP contribution in [0, 0.1) is 0 Å². The molecule has 1 aromatic carbocycles. The standard InChI is InChI=1S/C17H22ClN3O2/c1-6-21-10-12(18)15(20-21)16(22)19-13-9-11(17(2,3)4)7-8-14(13)23-5/h7-10H,6H2,1-5H3,(H,19,22). The Balaban J connectivity index is 2.34. The molecule has 1 heterocycles. The van der Waals surface area contributed by atoms with Gasteiger partial charge in [-0.25, -0.2) is 0 Å². The summed E-state index contributed by atoms with van der Waals surface area (Å²) in [5.74, 6) is 0.240. The van der Waals surface area contributed by atoms with Gasteiger partial charge in [-0.2, -0.15) is 5.10 Å². The minimum absolute atomic E-state index is 0.0345. The summed E-state index contributed by atoms with van der Waals surface area (Å²) in [6.07, 6.45) is 1.64. The van der Waals surface area contributed by atoms with Crippen molar-refractivity contribution in [1.82, 2.24) is 9.78 Å². The predicted molar refractivity (Wildman–Crippen MR) is 92.6 cm³/mol. The van der Waals surface area contributed by atoms with Crippen molar-refractivity contribution in [2.24, 2.45) is 0 Å². The zero-order valence-electron chi connectivity index (χ0n) is 14.1. The number of hydrogen-bond donors (Lipinski definition) is 1. The molecule has 0 aliphatic heterocycles. The van der Waals surface area contributed by atoms with Gasteiger partial charge < -0.3 is 10.1 Å². The van der Waals surface area contributed by atoms with Crippen LogP contribution in [0.25, 0.3) is 0 Å². The van der Waals surface area contributed by atoms with Gasteiger partial charge in [0.15, 0.2) is 5.69 Å². The second kappa shape index (κ2) is 6.62. The Bertz CT molecular complexity index is 717. The molecule has 0 aliphatic carbocycles. The SMILES string of the molecule is CCn1cc(Cl)c(C(=O)Nc2cc(C(C)(C)C)ccc2OC)n1. The van der Waals surface area contributed by atoms with Crippen LogP contribution in [0.15, 0.2) is 24.4 Å². The number of rotatable bonds is 4. The topological polar surface area (TPSA) is 56.2 Å². The van der Waals surface area contributed by atoms with Gasteiger partial charge in [-0.1, -0.05) is 38.4 Å². The summed E-state index contributed by atoms with van der Waals surface area (Å²) in [6, 6.07) is 5.76. The highest BCUT2D eigenvalue weighted by Crippen LogP contribution is 2.32. The number of anilines is 1. The summed E-state index contributed by atoms with van der Waals surface area (Å²) >= 11 is 6.09. The lowest BCUT2D eigenvalue weighted by Crippen LogP contribution is -2.16. The fourth-order valence-corrected chi connectivity index (χ4v) is 2.40. The summed E-state index contributed by atoms with van der Waals surface area (Å²) in [7, 11) is 1.57. The number of aryl methyl sites for hydroxylation is 1. The molecule has 1 N–H and O–H groups in total. The van der Waals surface area contributed by atoms with Crippen molar-refractivity contribution in [3.63, 3.8) is 0 Å². The van der Waals surface area contributed by atoms with Crippen LogP contribution < -0.4 is 10.1 Å². The van der Waals surface area contributed by atoms with E-state index in [1.54, 1.807) is 18.0 Å². The van der Waals surface area contributed by atoms with Crippen molar-refractivity contribution < 1.29 is 9.53 Å². The molecule has 0 unspecified atom stereocenters. The second-order valence-electron chi connectivity index (χ2n) is 6.30. The maximum absolute atomic E-state index is 12.5. The van der Waals surface area contributed by atoms with Crippen LogP contribution in [-0.4, -0.2) is 22.8 Å². The summed E-state index contributed by atoms with van der Waals surface area (Å²) in [5.41, 5.74) is 1.87. The molecule has 2 aromatic rings. The molecule has 0 radical (unpaired) electrons. The molecule has 0 bridgehead atoms. The van der Waals surface area contributed by atoms with Gasteiger partial charge in [-0.15, -0.1) is 0 Å². The molecular weight excluding hydrogens is 314 g/mol. The van der Waals surface area contributed by atoms with Gasteiger partial charge in [0.05, 0.1) is 17.8 Å². The van der Waals surface area contributed by atoms with Gasteiger partial charge >= 0.3 is 0 Å². The lowest BCUT2D eigenvalue weighted by molar-refractivity contribution is 0.102. The molecule has 23 heavy (non-hydrogen) atoms. The first-order valence-electron chi connectivity index (χ1n) is 7.49. The fraction of sp³-hybridized carbons (Fsp3) is 0.412. The molecule has 0 fully saturated rings. The molecule has 2 rings (SSSR count). The van der Waals surface area contributed by atoms with Crippen molar-refractivity contribution in [3.05, 3.63) is 40.7 Å². The van der Waals surface area contributed by atoms with Gasteiger partial charge in [0.25, 0.3) is 5.91 Å². The lowest BCUT2D eigenvalue weighted by Gasteiger charge is -2.21. The van der Waals surface area contributed by atoms with E-state index in [2.05, 4.69) is 31.2 Å². The van der Waals surface area contributed by atoms with Gasteiger partial charge in [0, 0.05) is 12.7 Å². The minimum atomic E-state index is -0.355. The second-order valence-corrected chi connectivity index (χ2v) is 6.71. The molecule has 0 spiro atoms. The average Bonchev–Trinajstić information content (AvgIpc) is 2.87. The predicted octanol–water partition coefficient (Wildman–Crippen LogP) is 4.11. The van der Waals surface area contributed by atoms with E-state index in [1.807, 2.05) is 25.1 Å². The Hall–Kier alpha value is -2.01. The van der Waals surface area contributed by atoms with E-state index in [-0.39, 0.29) is 17.0 Å². The highest BCUT2D eigenvalue weighted by atomic mass is 35.5. The first kappa shape index (κ1) is 17.3. The van der Waals surface area contributed by atoms with Crippen molar-refractivity contribution in [1.29, 1.82) is 0 Å². The third kappa shape index (κ3) is 3.85. The summed E-state index contributed by atoms with van der Waals surface area (Å²) < 4.78 is 6.96. The Morgan fingerprint density at radius 1 is 1.39 bits per heavy atom. The number of halogens is 1. The van der Waals surface area contributed by atoms with Gasteiger partial charge in [0.1, 0.15) is 5.75 Å². The van der Waals surface area contributed by atoms with E-state index in [0.717, 1.165) is 5.56 Å². The smallest absolute Gasteiger partial charge is 0.277 e. The third-order valence-electron chi connectivity index (χ3n) is 3.57. The Morgan fingerprint density at radius 3 is 2.61 bits per heavy atom. The monoisotopic (exact) mass is 335 g/mol. The number of carbonyl (C=O) groups is 1. The van der Waals surface area contributed by atoms with Crippen LogP contribution in [-0.2, 0) is 12.0 Å². The van der Waals surface area contributed by atoms with Crippen LogP contribution in [0.4, 0.5) is 5.69 Å². The van der Waals surface area contributed by atoms with E-state index in [1.165, 1.54) is 0 Å². The molecule has 6 heteroatoms. The fourth-order valence-electron chi connectivity index (χ4n) is 2.17. The Kier molecular flexibility index (Phi) is 5.00. The van der Waals surface area contributed by atoms with Crippen LogP contribution in [0.5, 0.6) is 5.75 Å². The first-order chi connectivity index (χ1) is 10.8. The average molecular weight is 336 g/mol. The zero-order chi connectivity index (χ0) is 17.2. The number of nitrogens with one attached hydrogen (secondary N) is 1. The summed E-state index contributed by atoms with van der Waals surface area (Å²) in [6.45, 7) is 8.91. The van der Waals surface area contributed by atoms with Gasteiger partial charge in [0.2, 0.25) is 0 Å². The quantitative estimate of drug-likeness (QED) is 0.914. The molecule has 0 saturated heterocycles. The van der Waals surface area contributed by atoms with Crippen molar-refractivity contribution in [3.8, 4) is 5.75 Å². The first-order valence-corrected chi connectivity index (χ1v) is 7.87. The van der Waals surface area contributed by atoms with Crippen LogP contribution in [0.1, 0.15) is 43.7 Å². The summed E-state index contributed by atoms with van der Waals surface area (Å²) in [4.78, 5) is 12.5. The largest absolute Gasteiger partial charge is 0.495 e. The molecule has 0 saturated carbocycles. The van der Waals surface area contributed by atoms with E-state index < -0.39 is 0 Å². The lowest BCUT2D eigenvalue weighted by atomic mass is 9.87. The number of amides is 1. The van der Waals surface area contributed by atoms with Gasteiger partial charge in [-0.3, -0.25) is 9.48 Å². The van der Waals surface area contributed by atoms with Crippen molar-refractivity contribution in [2.75, 3.05) is 12.4 Å². The molecule has 1 amide bonds. The van der Waals surface area contributed by atoms with E-state index in [0.29, 0.717) is 23.0 Å². The zero-order valence-corrected chi connectivity index (χ0v) is 14.9. The maximum Gasteiger partial charge on any atom is 0.277 e. The molecular formula is C17H22ClN3O2. The number of aromatic nitrogens is 2. The van der Waals surface area contributed by atoms with Gasteiger partial charge in [-0.05, 0) is 30.0 Å². The Morgan fingerprint density at radius 2 is 2.09 bits per heavy atom. The number of benzene rings is 1. The molecule has 124 valence electrons. The normalized spacial score (nSPS) is 11.4. The van der Waals surface area contributed by atoms with E-state index >= 15 is 0 Å².